The first-order valence-corrected chi connectivity index (χ1v) is 12.4. The summed E-state index contributed by atoms with van der Waals surface area (Å²) >= 11 is 25.5. The lowest BCUT2D eigenvalue weighted by Gasteiger charge is -2.14. The predicted octanol–water partition coefficient (Wildman–Crippen LogP) is 6.17. The maximum atomic E-state index is 10.7. The Morgan fingerprint density at radius 2 is 1.39 bits per heavy atom. The first-order chi connectivity index (χ1) is 14.4. The van der Waals surface area contributed by atoms with Crippen LogP contribution in [-0.4, -0.2) is 78.3 Å². The molecule has 1 aliphatic carbocycles. The van der Waals surface area contributed by atoms with Crippen molar-refractivity contribution < 1.29 is 22.8 Å². The third-order valence-corrected chi connectivity index (χ3v) is 4.49. The average Bonchev–Trinajstić information content (AvgIpc) is 3.56. The minimum Gasteiger partial charge on any atom is -0.355 e. The summed E-state index contributed by atoms with van der Waals surface area (Å²) in [5, 5.41) is 2.52. The quantitative estimate of drug-likeness (QED) is 0.363. The van der Waals surface area contributed by atoms with Gasteiger partial charge in [0.1, 0.15) is 11.7 Å². The summed E-state index contributed by atoms with van der Waals surface area (Å²) < 4.78 is 32.0. The van der Waals surface area contributed by atoms with Crippen LogP contribution >= 0.6 is 58.0 Å². The largest absolute Gasteiger partial charge is 0.402 e. The van der Waals surface area contributed by atoms with Gasteiger partial charge in [-0.3, -0.25) is 9.59 Å². The van der Waals surface area contributed by atoms with Crippen LogP contribution in [-0.2, 0) is 9.59 Å². The number of halogens is 8. The summed E-state index contributed by atoms with van der Waals surface area (Å²) in [4.78, 5) is 22.0. The Hall–Kier alpha value is 0.340. The molecule has 1 rings (SSSR count). The van der Waals surface area contributed by atoms with Gasteiger partial charge in [-0.25, -0.2) is 0 Å². The molecule has 31 heavy (non-hydrogen) atoms. The highest BCUT2D eigenvalue weighted by molar-refractivity contribution is 6.27. The van der Waals surface area contributed by atoms with Crippen LogP contribution in [0.5, 0.6) is 0 Å². The zero-order valence-corrected chi connectivity index (χ0v) is 22.4. The van der Waals surface area contributed by atoms with Crippen LogP contribution in [0.4, 0.5) is 13.2 Å². The van der Waals surface area contributed by atoms with Gasteiger partial charge in [-0.2, -0.15) is 13.2 Å². The zero-order valence-electron chi connectivity index (χ0n) is 18.6. The Morgan fingerprint density at radius 1 is 0.968 bits per heavy atom. The lowest BCUT2D eigenvalue weighted by Crippen LogP contribution is -2.24. The molecule has 1 N–H and O–H groups in total. The highest BCUT2D eigenvalue weighted by Gasteiger charge is 2.24. The fourth-order valence-corrected chi connectivity index (χ4v) is 1.80. The number of nitrogens with zero attached hydrogens (tertiary/aromatic N) is 1. The number of nitrogens with one attached hydrogen (secondary N) is 1. The fraction of sp³-hybridized carbons (Fsp3) is 0.895. The van der Waals surface area contributed by atoms with Gasteiger partial charge in [0.25, 0.3) is 0 Å². The third kappa shape index (κ3) is 53.5. The molecule has 0 aromatic rings. The Kier molecular flexibility index (Phi) is 35.3. The second kappa shape index (κ2) is 28.4. The van der Waals surface area contributed by atoms with Crippen molar-refractivity contribution in [3.8, 4) is 0 Å². The van der Waals surface area contributed by atoms with E-state index in [1.165, 1.54) is 26.7 Å². The summed E-state index contributed by atoms with van der Waals surface area (Å²) in [6.07, 6.45) is -1.44. The molecule has 0 aromatic heterocycles. The average molecular weight is 559 g/mol. The first-order valence-electron chi connectivity index (χ1n) is 9.71. The molecule has 1 saturated carbocycles. The molecule has 0 aliphatic heterocycles. The van der Waals surface area contributed by atoms with Crippen LogP contribution in [0.25, 0.3) is 0 Å². The van der Waals surface area contributed by atoms with E-state index >= 15 is 0 Å². The number of ketones is 1. The normalized spacial score (nSPS) is 11.9. The van der Waals surface area contributed by atoms with Crippen molar-refractivity contribution in [3.05, 3.63) is 0 Å². The number of hydrogen-bond donors (Lipinski definition) is 1. The molecule has 0 bridgehead atoms. The van der Waals surface area contributed by atoms with E-state index in [-0.39, 0.29) is 17.6 Å². The summed E-state index contributed by atoms with van der Waals surface area (Å²) in [5.74, 6) is 1.90. The molecule has 4 nitrogen and oxygen atoms in total. The van der Waals surface area contributed by atoms with E-state index in [1.807, 2.05) is 0 Å². The van der Waals surface area contributed by atoms with Crippen molar-refractivity contribution in [1.82, 2.24) is 10.2 Å². The van der Waals surface area contributed by atoms with Gasteiger partial charge in [-0.15, -0.1) is 58.0 Å². The van der Waals surface area contributed by atoms with Gasteiger partial charge < -0.3 is 10.2 Å². The number of carbonyl (C=O) groups excluding carboxylic acids is 2. The summed E-state index contributed by atoms with van der Waals surface area (Å²) in [5.41, 5.74) is 0. The van der Waals surface area contributed by atoms with Gasteiger partial charge in [-0.05, 0) is 38.8 Å². The Labute approximate surface area is 210 Å². The highest BCUT2D eigenvalue weighted by atomic mass is 35.5. The van der Waals surface area contributed by atoms with E-state index in [1.54, 1.807) is 0 Å². The fourth-order valence-electron chi connectivity index (χ4n) is 1.15. The number of hydrogen-bond acceptors (Lipinski definition) is 3. The van der Waals surface area contributed by atoms with Crippen molar-refractivity contribution in [3.63, 3.8) is 0 Å². The van der Waals surface area contributed by atoms with E-state index in [9.17, 15) is 22.8 Å². The number of Topliss-reactive ketones (excluding diaryl/α,β-unsaturated/α-hetero) is 1. The molecular formula is C19H36Cl5F3N2O2. The second-order valence-electron chi connectivity index (χ2n) is 6.07. The summed E-state index contributed by atoms with van der Waals surface area (Å²) in [7, 11) is 0. The van der Waals surface area contributed by atoms with Crippen molar-refractivity contribution in [2.45, 2.75) is 46.7 Å². The van der Waals surface area contributed by atoms with Crippen LogP contribution < -0.4 is 5.32 Å². The molecular weight excluding hydrogens is 522 g/mol. The Balaban J connectivity index is -0.000000149. The SMILES string of the molecule is CC(=O)CCl.CC(=O)NCCCl.CCN(CC)CCCl.ClCC1CC1.FC(F)(F)CCl. The molecule has 12 heteroatoms. The Bertz CT molecular complexity index is 399. The number of amides is 1. The van der Waals surface area contributed by atoms with Gasteiger partial charge in [0, 0.05) is 37.7 Å². The van der Waals surface area contributed by atoms with Crippen molar-refractivity contribution in [1.29, 1.82) is 0 Å². The monoisotopic (exact) mass is 556 g/mol. The minimum atomic E-state index is -4.19. The topological polar surface area (TPSA) is 49.4 Å². The molecule has 0 aromatic carbocycles. The predicted molar refractivity (Wildman–Crippen MR) is 130 cm³/mol. The highest BCUT2D eigenvalue weighted by Crippen LogP contribution is 2.29. The number of carbonyl (C=O) groups is 2. The Morgan fingerprint density at radius 3 is 1.45 bits per heavy atom. The zero-order chi connectivity index (χ0) is 25.3. The molecule has 0 unspecified atom stereocenters. The van der Waals surface area contributed by atoms with Crippen LogP contribution in [0.3, 0.4) is 0 Å². The lowest BCUT2D eigenvalue weighted by atomic mass is 10.5. The van der Waals surface area contributed by atoms with Crippen LogP contribution in [0.15, 0.2) is 0 Å². The second-order valence-corrected chi connectivity index (χ2v) is 7.67. The van der Waals surface area contributed by atoms with Crippen molar-refractivity contribution >= 4 is 69.7 Å². The maximum absolute atomic E-state index is 10.7. The van der Waals surface area contributed by atoms with Gasteiger partial charge in [0.15, 0.2) is 0 Å². The molecule has 0 saturated heterocycles. The van der Waals surface area contributed by atoms with E-state index in [0.29, 0.717) is 12.4 Å². The molecule has 190 valence electrons. The molecule has 0 heterocycles. The van der Waals surface area contributed by atoms with Crippen molar-refractivity contribution in [2.24, 2.45) is 5.92 Å². The number of alkyl halides is 8. The molecule has 0 atom stereocenters. The van der Waals surface area contributed by atoms with Crippen LogP contribution in [0.1, 0.15) is 40.5 Å². The van der Waals surface area contributed by atoms with Crippen LogP contribution in [0.2, 0.25) is 0 Å². The molecule has 1 fully saturated rings. The molecule has 1 amide bonds. The van der Waals surface area contributed by atoms with E-state index < -0.39 is 12.1 Å². The summed E-state index contributed by atoms with van der Waals surface area (Å²) in [6, 6.07) is 0. The van der Waals surface area contributed by atoms with Gasteiger partial charge in [-0.1, -0.05) is 13.8 Å². The van der Waals surface area contributed by atoms with Crippen LogP contribution in [0, 0.1) is 5.92 Å². The van der Waals surface area contributed by atoms with Gasteiger partial charge in [0.2, 0.25) is 5.91 Å². The first kappa shape index (κ1) is 38.6. The number of rotatable bonds is 8. The van der Waals surface area contributed by atoms with Crippen molar-refractivity contribution in [2.75, 3.05) is 55.6 Å². The van der Waals surface area contributed by atoms with Gasteiger partial charge in [0.05, 0.1) is 5.88 Å². The standard InChI is InChI=1S/C6H14ClN.C4H8ClNO.C4H7Cl.C3H5ClO.C2H2ClF3/c1-3-8(4-2)6-5-7;1-4(7)6-3-2-5;5-3-4-1-2-4;1-3(5)2-4;3-1-2(4,5)6/h3-6H2,1-2H3;2-3H2,1H3,(H,6,7);4H,1-3H2;2H2,1H3;1H2. The molecule has 0 spiro atoms. The minimum absolute atomic E-state index is 0.0201. The smallest absolute Gasteiger partial charge is 0.355 e. The van der Waals surface area contributed by atoms with E-state index in [4.69, 9.17) is 46.4 Å². The molecule has 0 radical (unpaired) electrons. The lowest BCUT2D eigenvalue weighted by molar-refractivity contribution is -0.119. The third-order valence-electron chi connectivity index (χ3n) is 3.02. The maximum Gasteiger partial charge on any atom is 0.402 e. The van der Waals surface area contributed by atoms with E-state index in [2.05, 4.69) is 35.7 Å². The van der Waals surface area contributed by atoms with Gasteiger partial charge >= 0.3 is 6.18 Å². The molecule has 1 aliphatic rings. The van der Waals surface area contributed by atoms with E-state index in [0.717, 1.165) is 37.3 Å². The summed E-state index contributed by atoms with van der Waals surface area (Å²) in [6.45, 7) is 11.0.